The van der Waals surface area contributed by atoms with Gasteiger partial charge in [0.25, 0.3) is 5.91 Å². The number of rotatable bonds is 7. The highest BCUT2D eigenvalue weighted by Gasteiger charge is 2.13. The van der Waals surface area contributed by atoms with E-state index in [4.69, 9.17) is 4.74 Å². The molecule has 30 heavy (non-hydrogen) atoms. The third-order valence-corrected chi connectivity index (χ3v) is 4.60. The number of benzene rings is 2. The fourth-order valence-electron chi connectivity index (χ4n) is 3.06. The lowest BCUT2D eigenvalue weighted by Gasteiger charge is -2.08. The van der Waals surface area contributed by atoms with Gasteiger partial charge in [-0.3, -0.25) is 4.79 Å². The van der Waals surface area contributed by atoms with Crippen LogP contribution in [0.4, 0.5) is 0 Å². The van der Waals surface area contributed by atoms with E-state index in [1.165, 1.54) is 0 Å². The first-order valence-electron chi connectivity index (χ1n) is 9.71. The second-order valence-electron chi connectivity index (χ2n) is 6.88. The summed E-state index contributed by atoms with van der Waals surface area (Å²) in [6.45, 7) is 2.73. The molecule has 0 bridgehead atoms. The molecule has 2 aromatic heterocycles. The summed E-state index contributed by atoms with van der Waals surface area (Å²) in [5, 5.41) is 7.35. The standard InChI is InChI=1S/C24H22N4O2/c1-18-14-22(27-28(18)21-10-6-3-7-11-21)24(29)26-16-20-12-13-25-23(15-20)30-17-19-8-4-2-5-9-19/h2-15H,16-17H2,1H3,(H,26,29). The van der Waals surface area contributed by atoms with Crippen molar-refractivity contribution in [3.05, 3.63) is 108 Å². The molecule has 4 rings (SSSR count). The van der Waals surface area contributed by atoms with Crippen molar-refractivity contribution in [2.24, 2.45) is 0 Å². The molecule has 6 nitrogen and oxygen atoms in total. The summed E-state index contributed by atoms with van der Waals surface area (Å²) in [6, 6.07) is 25.1. The maximum absolute atomic E-state index is 12.6. The Morgan fingerprint density at radius 1 is 0.967 bits per heavy atom. The van der Waals surface area contributed by atoms with Crippen LogP contribution in [0.25, 0.3) is 5.69 Å². The summed E-state index contributed by atoms with van der Waals surface area (Å²) in [4.78, 5) is 16.8. The SMILES string of the molecule is Cc1cc(C(=O)NCc2ccnc(OCc3ccccc3)c2)nn1-c1ccccc1. The van der Waals surface area contributed by atoms with Gasteiger partial charge in [0.15, 0.2) is 5.69 Å². The molecule has 0 radical (unpaired) electrons. The number of amides is 1. The number of nitrogens with zero attached hydrogens (tertiary/aromatic N) is 3. The first-order valence-corrected chi connectivity index (χ1v) is 9.71. The molecule has 0 aliphatic carbocycles. The van der Waals surface area contributed by atoms with Crippen molar-refractivity contribution >= 4 is 5.91 Å². The summed E-state index contributed by atoms with van der Waals surface area (Å²) in [6.07, 6.45) is 1.68. The molecule has 0 aliphatic heterocycles. The molecule has 2 aromatic carbocycles. The monoisotopic (exact) mass is 398 g/mol. The molecule has 0 unspecified atom stereocenters. The lowest BCUT2D eigenvalue weighted by molar-refractivity contribution is 0.0945. The Bertz CT molecular complexity index is 1120. The van der Waals surface area contributed by atoms with Crippen molar-refractivity contribution in [1.82, 2.24) is 20.1 Å². The first kappa shape index (κ1) is 19.4. The van der Waals surface area contributed by atoms with Crippen LogP contribution in [0.2, 0.25) is 0 Å². The van der Waals surface area contributed by atoms with Gasteiger partial charge < -0.3 is 10.1 Å². The molecule has 0 aliphatic rings. The maximum atomic E-state index is 12.6. The van der Waals surface area contributed by atoms with Crippen LogP contribution in [0.3, 0.4) is 0 Å². The van der Waals surface area contributed by atoms with Crippen LogP contribution in [-0.4, -0.2) is 20.7 Å². The number of pyridine rings is 1. The second kappa shape index (κ2) is 9.05. The number of carbonyl (C=O) groups excluding carboxylic acids is 1. The molecule has 0 saturated heterocycles. The van der Waals surface area contributed by atoms with E-state index in [-0.39, 0.29) is 5.91 Å². The van der Waals surface area contributed by atoms with E-state index in [1.807, 2.05) is 79.7 Å². The predicted molar refractivity (Wildman–Crippen MR) is 114 cm³/mol. The molecule has 4 aromatic rings. The van der Waals surface area contributed by atoms with Crippen molar-refractivity contribution in [2.45, 2.75) is 20.1 Å². The Hall–Kier alpha value is -3.93. The summed E-state index contributed by atoms with van der Waals surface area (Å²) in [5.74, 6) is 0.297. The summed E-state index contributed by atoms with van der Waals surface area (Å²) in [5.41, 5.74) is 4.17. The van der Waals surface area contributed by atoms with Gasteiger partial charge in [-0.2, -0.15) is 5.10 Å². The first-order chi connectivity index (χ1) is 14.7. The highest BCUT2D eigenvalue weighted by Crippen LogP contribution is 2.14. The summed E-state index contributed by atoms with van der Waals surface area (Å²) >= 11 is 0. The molecular weight excluding hydrogens is 376 g/mol. The van der Waals surface area contributed by atoms with Crippen LogP contribution < -0.4 is 10.1 Å². The van der Waals surface area contributed by atoms with Crippen molar-refractivity contribution in [3.8, 4) is 11.6 Å². The molecule has 0 spiro atoms. The van der Waals surface area contributed by atoms with Crippen LogP contribution in [0.1, 0.15) is 27.3 Å². The van der Waals surface area contributed by atoms with Crippen molar-refractivity contribution in [1.29, 1.82) is 0 Å². The largest absolute Gasteiger partial charge is 0.473 e. The minimum Gasteiger partial charge on any atom is -0.473 e. The lowest BCUT2D eigenvalue weighted by atomic mass is 10.2. The third kappa shape index (κ3) is 4.72. The molecule has 1 N–H and O–H groups in total. The second-order valence-corrected chi connectivity index (χ2v) is 6.88. The minimum absolute atomic E-state index is 0.226. The van der Waals surface area contributed by atoms with Gasteiger partial charge in [-0.15, -0.1) is 0 Å². The quantitative estimate of drug-likeness (QED) is 0.509. The third-order valence-electron chi connectivity index (χ3n) is 4.60. The van der Waals surface area contributed by atoms with Crippen LogP contribution >= 0.6 is 0 Å². The highest BCUT2D eigenvalue weighted by molar-refractivity contribution is 5.92. The zero-order chi connectivity index (χ0) is 20.8. The predicted octanol–water partition coefficient (Wildman–Crippen LogP) is 4.08. The van der Waals surface area contributed by atoms with Gasteiger partial charge in [0.2, 0.25) is 5.88 Å². The van der Waals surface area contributed by atoms with Gasteiger partial charge in [0.1, 0.15) is 6.61 Å². The van der Waals surface area contributed by atoms with E-state index in [9.17, 15) is 4.79 Å². The number of aryl methyl sites for hydroxylation is 1. The lowest BCUT2D eigenvalue weighted by Crippen LogP contribution is -2.23. The number of para-hydroxylation sites is 1. The maximum Gasteiger partial charge on any atom is 0.272 e. The number of hydrogen-bond donors (Lipinski definition) is 1. The zero-order valence-corrected chi connectivity index (χ0v) is 16.7. The summed E-state index contributed by atoms with van der Waals surface area (Å²) in [7, 11) is 0. The Morgan fingerprint density at radius 3 is 2.47 bits per heavy atom. The summed E-state index contributed by atoms with van der Waals surface area (Å²) < 4.78 is 7.51. The van der Waals surface area contributed by atoms with Crippen LogP contribution in [0, 0.1) is 6.92 Å². The van der Waals surface area contributed by atoms with Gasteiger partial charge in [-0.1, -0.05) is 48.5 Å². The Balaban J connectivity index is 1.37. The number of hydrogen-bond acceptors (Lipinski definition) is 4. The average molecular weight is 398 g/mol. The Kier molecular flexibility index (Phi) is 5.85. The number of ether oxygens (including phenoxy) is 1. The van der Waals surface area contributed by atoms with Crippen molar-refractivity contribution < 1.29 is 9.53 Å². The molecule has 0 atom stereocenters. The van der Waals surface area contributed by atoms with E-state index >= 15 is 0 Å². The molecule has 150 valence electrons. The molecule has 0 fully saturated rings. The molecule has 6 heteroatoms. The minimum atomic E-state index is -0.226. The van der Waals surface area contributed by atoms with Gasteiger partial charge in [0, 0.05) is 24.5 Å². The molecule has 1 amide bonds. The Morgan fingerprint density at radius 2 is 1.70 bits per heavy atom. The smallest absolute Gasteiger partial charge is 0.272 e. The molecule has 2 heterocycles. The van der Waals surface area contributed by atoms with Gasteiger partial charge >= 0.3 is 0 Å². The van der Waals surface area contributed by atoms with Crippen molar-refractivity contribution in [3.63, 3.8) is 0 Å². The Labute approximate surface area is 175 Å². The number of carbonyl (C=O) groups is 1. The molecule has 0 saturated carbocycles. The fourth-order valence-corrected chi connectivity index (χ4v) is 3.06. The van der Waals surface area contributed by atoms with E-state index in [0.29, 0.717) is 24.7 Å². The fraction of sp³-hybridized carbons (Fsp3) is 0.125. The number of aromatic nitrogens is 3. The zero-order valence-electron chi connectivity index (χ0n) is 16.7. The van der Waals surface area contributed by atoms with E-state index < -0.39 is 0 Å². The molecular formula is C24H22N4O2. The van der Waals surface area contributed by atoms with Crippen LogP contribution in [0.5, 0.6) is 5.88 Å². The average Bonchev–Trinajstić information content (AvgIpc) is 3.19. The highest BCUT2D eigenvalue weighted by atomic mass is 16.5. The van der Waals surface area contributed by atoms with Gasteiger partial charge in [-0.05, 0) is 42.3 Å². The number of nitrogens with one attached hydrogen (secondary N) is 1. The van der Waals surface area contributed by atoms with Gasteiger partial charge in [-0.25, -0.2) is 9.67 Å². The van der Waals surface area contributed by atoms with E-state index in [1.54, 1.807) is 16.9 Å². The van der Waals surface area contributed by atoms with Crippen LogP contribution in [0.15, 0.2) is 85.1 Å². The van der Waals surface area contributed by atoms with E-state index in [2.05, 4.69) is 15.4 Å². The topological polar surface area (TPSA) is 69.0 Å². The van der Waals surface area contributed by atoms with Gasteiger partial charge in [0.05, 0.1) is 5.69 Å². The van der Waals surface area contributed by atoms with E-state index in [0.717, 1.165) is 22.5 Å². The normalized spacial score (nSPS) is 10.6. The van der Waals surface area contributed by atoms with Crippen molar-refractivity contribution in [2.75, 3.05) is 0 Å². The van der Waals surface area contributed by atoms with Crippen LogP contribution in [-0.2, 0) is 13.2 Å².